The Morgan fingerprint density at radius 2 is 2.00 bits per heavy atom. The van der Waals surface area contributed by atoms with E-state index in [9.17, 15) is 12.8 Å². The topological polar surface area (TPSA) is 91.8 Å². The highest BCUT2D eigenvalue weighted by atomic mass is 127. The fraction of sp³-hybridized carbons (Fsp3) is 0.588. The largest absolute Gasteiger partial charge is 0.377 e. The number of benzene rings is 1. The number of hydrogen-bond donors (Lipinski definition) is 3. The van der Waals surface area contributed by atoms with Crippen LogP contribution >= 0.6 is 24.0 Å². The molecule has 0 amide bonds. The summed E-state index contributed by atoms with van der Waals surface area (Å²) in [6.45, 7) is 1.71. The predicted octanol–water partition coefficient (Wildman–Crippen LogP) is 1.60. The Hall–Kier alpha value is -0.980. The van der Waals surface area contributed by atoms with Crippen molar-refractivity contribution >= 4 is 40.0 Å². The molecule has 0 saturated carbocycles. The molecule has 27 heavy (non-hydrogen) atoms. The van der Waals surface area contributed by atoms with E-state index in [0.29, 0.717) is 25.7 Å². The van der Waals surface area contributed by atoms with Gasteiger partial charge in [-0.3, -0.25) is 4.99 Å². The summed E-state index contributed by atoms with van der Waals surface area (Å²) in [5.74, 6) is 0.143. The van der Waals surface area contributed by atoms with Crippen molar-refractivity contribution in [3.05, 3.63) is 35.6 Å². The van der Waals surface area contributed by atoms with Gasteiger partial charge in [0.2, 0.25) is 10.0 Å². The van der Waals surface area contributed by atoms with Crippen LogP contribution in [0.1, 0.15) is 24.8 Å². The van der Waals surface area contributed by atoms with Crippen LogP contribution in [0.15, 0.2) is 29.3 Å². The quantitative estimate of drug-likeness (QED) is 0.279. The number of nitrogens with one attached hydrogen (secondary N) is 3. The molecule has 1 aromatic carbocycles. The van der Waals surface area contributed by atoms with E-state index in [1.54, 1.807) is 19.2 Å². The summed E-state index contributed by atoms with van der Waals surface area (Å²) in [5, 5.41) is 6.02. The maximum Gasteiger partial charge on any atom is 0.213 e. The van der Waals surface area contributed by atoms with Gasteiger partial charge in [0.1, 0.15) is 5.82 Å². The van der Waals surface area contributed by atoms with E-state index < -0.39 is 10.0 Å². The van der Waals surface area contributed by atoms with Gasteiger partial charge < -0.3 is 15.4 Å². The maximum absolute atomic E-state index is 12.9. The molecule has 1 aliphatic heterocycles. The highest BCUT2D eigenvalue weighted by Gasteiger charge is 2.17. The van der Waals surface area contributed by atoms with Crippen LogP contribution in [0.2, 0.25) is 0 Å². The average molecular weight is 514 g/mol. The lowest BCUT2D eigenvalue weighted by atomic mass is 10.1. The normalized spacial score (nSPS) is 17.9. The molecule has 0 aliphatic carbocycles. The second-order valence-electron chi connectivity index (χ2n) is 6.13. The van der Waals surface area contributed by atoms with Crippen LogP contribution < -0.4 is 15.4 Å². The van der Waals surface area contributed by atoms with Gasteiger partial charge in [0.05, 0.1) is 11.9 Å². The highest BCUT2D eigenvalue weighted by Crippen LogP contribution is 2.11. The van der Waals surface area contributed by atoms with Crippen LogP contribution in [-0.2, 0) is 21.3 Å². The summed E-state index contributed by atoms with van der Waals surface area (Å²) >= 11 is 0. The van der Waals surface area contributed by atoms with Gasteiger partial charge in [-0.25, -0.2) is 17.5 Å². The first-order chi connectivity index (χ1) is 12.5. The third-order valence-electron chi connectivity index (χ3n) is 4.06. The molecule has 0 bridgehead atoms. The van der Waals surface area contributed by atoms with Gasteiger partial charge in [-0.1, -0.05) is 12.1 Å². The molecule has 1 unspecified atom stereocenters. The molecule has 3 N–H and O–H groups in total. The molecule has 1 aromatic rings. The maximum atomic E-state index is 12.9. The third kappa shape index (κ3) is 9.67. The molecule has 0 radical (unpaired) electrons. The minimum Gasteiger partial charge on any atom is -0.377 e. The monoisotopic (exact) mass is 514 g/mol. The zero-order valence-electron chi connectivity index (χ0n) is 15.4. The van der Waals surface area contributed by atoms with Crippen molar-refractivity contribution in [2.24, 2.45) is 4.99 Å². The zero-order chi connectivity index (χ0) is 18.8. The number of aliphatic imine (C=N–C) groups is 1. The Bertz CT molecular complexity index is 680. The van der Waals surface area contributed by atoms with E-state index >= 15 is 0 Å². The summed E-state index contributed by atoms with van der Waals surface area (Å²) in [6.07, 6.45) is 2.97. The van der Waals surface area contributed by atoms with Gasteiger partial charge in [0.15, 0.2) is 5.96 Å². The summed E-state index contributed by atoms with van der Waals surface area (Å²) in [7, 11) is -1.77. The summed E-state index contributed by atoms with van der Waals surface area (Å²) in [5.41, 5.74) is 0.899. The molecule has 10 heteroatoms. The van der Waals surface area contributed by atoms with E-state index in [4.69, 9.17) is 4.74 Å². The molecule has 1 atom stereocenters. The van der Waals surface area contributed by atoms with E-state index in [1.807, 2.05) is 0 Å². The van der Waals surface area contributed by atoms with Crippen LogP contribution in [0.4, 0.5) is 4.39 Å². The Balaban J connectivity index is 0.00000364. The SMILES string of the molecule is CN=C(NCCS(=O)(=O)NCC1CCCCO1)NCc1ccc(F)cc1.I. The first kappa shape index (κ1) is 24.1. The molecule has 1 saturated heterocycles. The van der Waals surface area contributed by atoms with Crippen molar-refractivity contribution < 1.29 is 17.5 Å². The molecule has 154 valence electrons. The molecule has 1 heterocycles. The van der Waals surface area contributed by atoms with Gasteiger partial charge in [-0.2, -0.15) is 0 Å². The van der Waals surface area contributed by atoms with Crippen molar-refractivity contribution in [2.45, 2.75) is 31.9 Å². The number of nitrogens with zero attached hydrogens (tertiary/aromatic N) is 1. The molecular formula is C17H28FIN4O3S. The number of sulfonamides is 1. The van der Waals surface area contributed by atoms with Gasteiger partial charge in [-0.05, 0) is 37.0 Å². The Labute approximate surface area is 177 Å². The minimum absolute atomic E-state index is 0. The van der Waals surface area contributed by atoms with Crippen molar-refractivity contribution in [1.29, 1.82) is 0 Å². The van der Waals surface area contributed by atoms with Crippen LogP contribution in [-0.4, -0.2) is 53.0 Å². The molecule has 0 spiro atoms. The van der Waals surface area contributed by atoms with E-state index in [2.05, 4.69) is 20.3 Å². The summed E-state index contributed by atoms with van der Waals surface area (Å²) < 4.78 is 45.1. The molecule has 1 fully saturated rings. The standard InChI is InChI=1S/C17H27FN4O3S.HI/c1-19-17(21-12-14-5-7-15(18)8-6-14)20-9-11-26(23,24)22-13-16-4-2-3-10-25-16;/h5-8,16,22H,2-4,9-13H2,1H3,(H2,19,20,21);1H. The molecule has 7 nitrogen and oxygen atoms in total. The van der Waals surface area contributed by atoms with E-state index in [0.717, 1.165) is 24.8 Å². The average Bonchev–Trinajstić information content (AvgIpc) is 2.65. The Morgan fingerprint density at radius 1 is 1.26 bits per heavy atom. The van der Waals surface area contributed by atoms with Crippen molar-refractivity contribution in [1.82, 2.24) is 15.4 Å². The first-order valence-corrected chi connectivity index (χ1v) is 10.4. The second-order valence-corrected chi connectivity index (χ2v) is 8.06. The van der Waals surface area contributed by atoms with E-state index in [1.165, 1.54) is 12.1 Å². The molecule has 1 aliphatic rings. The van der Waals surface area contributed by atoms with Gasteiger partial charge >= 0.3 is 0 Å². The van der Waals surface area contributed by atoms with Crippen LogP contribution in [0.25, 0.3) is 0 Å². The summed E-state index contributed by atoms with van der Waals surface area (Å²) in [6, 6.07) is 6.14. The predicted molar refractivity (Wildman–Crippen MR) is 115 cm³/mol. The second kappa shape index (κ2) is 12.5. The fourth-order valence-electron chi connectivity index (χ4n) is 2.57. The van der Waals surface area contributed by atoms with Crippen LogP contribution in [0.5, 0.6) is 0 Å². The smallest absolute Gasteiger partial charge is 0.213 e. The van der Waals surface area contributed by atoms with Crippen molar-refractivity contribution in [3.8, 4) is 0 Å². The zero-order valence-corrected chi connectivity index (χ0v) is 18.6. The summed E-state index contributed by atoms with van der Waals surface area (Å²) in [4.78, 5) is 4.04. The number of ether oxygens (including phenoxy) is 1. The third-order valence-corrected chi connectivity index (χ3v) is 5.41. The molecular weight excluding hydrogens is 486 g/mol. The van der Waals surface area contributed by atoms with E-state index in [-0.39, 0.29) is 48.2 Å². The van der Waals surface area contributed by atoms with Crippen LogP contribution in [0, 0.1) is 5.82 Å². The molecule has 2 rings (SSSR count). The number of guanidine groups is 1. The highest BCUT2D eigenvalue weighted by molar-refractivity contribution is 14.0. The van der Waals surface area contributed by atoms with Crippen molar-refractivity contribution in [2.75, 3.05) is 32.5 Å². The Kier molecular flexibility index (Phi) is 11.1. The number of rotatable bonds is 8. The fourth-order valence-corrected chi connectivity index (χ4v) is 3.53. The lowest BCUT2D eigenvalue weighted by Crippen LogP contribution is -2.42. The van der Waals surface area contributed by atoms with Gasteiger partial charge in [-0.15, -0.1) is 24.0 Å². The number of halogens is 2. The molecule has 0 aromatic heterocycles. The lowest BCUT2D eigenvalue weighted by molar-refractivity contribution is 0.0200. The van der Waals surface area contributed by atoms with Crippen molar-refractivity contribution in [3.63, 3.8) is 0 Å². The van der Waals surface area contributed by atoms with Crippen LogP contribution in [0.3, 0.4) is 0 Å². The minimum atomic E-state index is -3.37. The lowest BCUT2D eigenvalue weighted by Gasteiger charge is -2.22. The van der Waals surface area contributed by atoms with Gasteiger partial charge in [0, 0.05) is 33.3 Å². The number of hydrogen-bond acceptors (Lipinski definition) is 4. The Morgan fingerprint density at radius 3 is 2.63 bits per heavy atom. The first-order valence-electron chi connectivity index (χ1n) is 8.76. The van der Waals surface area contributed by atoms with Gasteiger partial charge in [0.25, 0.3) is 0 Å².